The van der Waals surface area contributed by atoms with Crippen molar-refractivity contribution >= 4 is 22.2 Å². The molecule has 0 saturated carbocycles. The van der Waals surface area contributed by atoms with Crippen LogP contribution in [0.5, 0.6) is 0 Å². The second-order valence-corrected chi connectivity index (χ2v) is 4.91. The van der Waals surface area contributed by atoms with Crippen LogP contribution in [0.4, 0.5) is 0 Å². The standard InChI is InChI=1S/C14H14N2S/c1-2-14-13(3-5-16-14)7-11(1)8-15-9-12-4-6-17-10-12/h1-7,10,15-16H,8-9H2. The zero-order chi connectivity index (χ0) is 11.5. The Morgan fingerprint density at radius 2 is 2.00 bits per heavy atom. The fourth-order valence-electron chi connectivity index (χ4n) is 1.96. The first-order chi connectivity index (χ1) is 8.42. The predicted octanol–water partition coefficient (Wildman–Crippen LogP) is 3.52. The minimum Gasteiger partial charge on any atom is -0.361 e. The van der Waals surface area contributed by atoms with E-state index in [1.54, 1.807) is 11.3 Å². The molecule has 2 aromatic heterocycles. The number of thiophene rings is 1. The van der Waals surface area contributed by atoms with E-state index in [0.29, 0.717) is 0 Å². The number of aromatic nitrogens is 1. The molecule has 0 fully saturated rings. The summed E-state index contributed by atoms with van der Waals surface area (Å²) in [6.45, 7) is 1.85. The normalized spacial score (nSPS) is 11.1. The Hall–Kier alpha value is -1.58. The van der Waals surface area contributed by atoms with Gasteiger partial charge < -0.3 is 10.3 Å². The lowest BCUT2D eigenvalue weighted by Gasteiger charge is -2.03. The van der Waals surface area contributed by atoms with Gasteiger partial charge in [0.15, 0.2) is 0 Å². The van der Waals surface area contributed by atoms with Crippen molar-refractivity contribution in [1.29, 1.82) is 0 Å². The van der Waals surface area contributed by atoms with Gasteiger partial charge in [-0.2, -0.15) is 11.3 Å². The predicted molar refractivity (Wildman–Crippen MR) is 73.2 cm³/mol. The molecule has 3 rings (SSSR count). The number of hydrogen-bond donors (Lipinski definition) is 2. The summed E-state index contributed by atoms with van der Waals surface area (Å²) in [5.74, 6) is 0. The maximum absolute atomic E-state index is 3.46. The molecule has 1 aromatic carbocycles. The van der Waals surface area contributed by atoms with Crippen molar-refractivity contribution in [2.24, 2.45) is 0 Å². The summed E-state index contributed by atoms with van der Waals surface area (Å²) in [5, 5.41) is 9.03. The highest BCUT2D eigenvalue weighted by Gasteiger charge is 1.97. The van der Waals surface area contributed by atoms with Gasteiger partial charge in [-0.3, -0.25) is 0 Å². The van der Waals surface area contributed by atoms with Crippen molar-refractivity contribution in [2.75, 3.05) is 0 Å². The highest BCUT2D eigenvalue weighted by molar-refractivity contribution is 7.07. The topological polar surface area (TPSA) is 27.8 Å². The van der Waals surface area contributed by atoms with Crippen LogP contribution in [0, 0.1) is 0 Å². The summed E-state index contributed by atoms with van der Waals surface area (Å²) in [5.41, 5.74) is 3.89. The van der Waals surface area contributed by atoms with E-state index < -0.39 is 0 Å². The summed E-state index contributed by atoms with van der Waals surface area (Å²) in [6, 6.07) is 10.8. The van der Waals surface area contributed by atoms with Crippen LogP contribution in [-0.2, 0) is 13.1 Å². The first-order valence-electron chi connectivity index (χ1n) is 5.70. The molecule has 2 nitrogen and oxygen atoms in total. The van der Waals surface area contributed by atoms with Gasteiger partial charge in [0.2, 0.25) is 0 Å². The Bertz CT molecular complexity index is 596. The average molecular weight is 242 g/mol. The average Bonchev–Trinajstić information content (AvgIpc) is 2.98. The monoisotopic (exact) mass is 242 g/mol. The molecule has 86 valence electrons. The van der Waals surface area contributed by atoms with Crippen LogP contribution >= 0.6 is 11.3 Å². The minimum atomic E-state index is 0.914. The van der Waals surface area contributed by atoms with E-state index in [0.717, 1.165) is 13.1 Å². The lowest BCUT2D eigenvalue weighted by Crippen LogP contribution is -2.11. The third-order valence-electron chi connectivity index (χ3n) is 2.86. The fourth-order valence-corrected chi connectivity index (χ4v) is 2.63. The van der Waals surface area contributed by atoms with E-state index in [1.807, 2.05) is 6.20 Å². The number of rotatable bonds is 4. The van der Waals surface area contributed by atoms with E-state index in [9.17, 15) is 0 Å². The van der Waals surface area contributed by atoms with Gasteiger partial charge in [-0.15, -0.1) is 0 Å². The van der Waals surface area contributed by atoms with E-state index in [-0.39, 0.29) is 0 Å². The fraction of sp³-hybridized carbons (Fsp3) is 0.143. The molecule has 0 aliphatic rings. The van der Waals surface area contributed by atoms with Crippen molar-refractivity contribution < 1.29 is 0 Å². The Morgan fingerprint density at radius 1 is 1.06 bits per heavy atom. The van der Waals surface area contributed by atoms with Crippen LogP contribution in [-0.4, -0.2) is 4.98 Å². The molecule has 17 heavy (non-hydrogen) atoms. The summed E-state index contributed by atoms with van der Waals surface area (Å²) in [7, 11) is 0. The molecule has 3 heteroatoms. The quantitative estimate of drug-likeness (QED) is 0.720. The maximum Gasteiger partial charge on any atom is 0.0454 e. The molecule has 2 heterocycles. The zero-order valence-electron chi connectivity index (χ0n) is 9.44. The molecule has 0 bridgehead atoms. The molecule has 2 N–H and O–H groups in total. The van der Waals surface area contributed by atoms with E-state index in [2.05, 4.69) is 51.4 Å². The molecule has 0 unspecified atom stereocenters. The van der Waals surface area contributed by atoms with Crippen molar-refractivity contribution in [3.05, 3.63) is 58.4 Å². The number of nitrogens with one attached hydrogen (secondary N) is 2. The summed E-state index contributed by atoms with van der Waals surface area (Å²) < 4.78 is 0. The van der Waals surface area contributed by atoms with Gasteiger partial charge in [0.25, 0.3) is 0 Å². The third kappa shape index (κ3) is 2.40. The van der Waals surface area contributed by atoms with Crippen LogP contribution in [0.1, 0.15) is 11.1 Å². The first-order valence-corrected chi connectivity index (χ1v) is 6.64. The van der Waals surface area contributed by atoms with Crippen LogP contribution < -0.4 is 5.32 Å². The smallest absolute Gasteiger partial charge is 0.0454 e. The summed E-state index contributed by atoms with van der Waals surface area (Å²) in [6.07, 6.45) is 1.98. The molecule has 3 aromatic rings. The number of aromatic amines is 1. The van der Waals surface area contributed by atoms with Crippen LogP contribution in [0.15, 0.2) is 47.3 Å². The minimum absolute atomic E-state index is 0.914. The van der Waals surface area contributed by atoms with Gasteiger partial charge in [-0.25, -0.2) is 0 Å². The van der Waals surface area contributed by atoms with Crippen molar-refractivity contribution in [3.63, 3.8) is 0 Å². The molecular weight excluding hydrogens is 228 g/mol. The van der Waals surface area contributed by atoms with Gasteiger partial charge in [-0.05, 0) is 51.5 Å². The Balaban J connectivity index is 1.64. The Morgan fingerprint density at radius 3 is 2.88 bits per heavy atom. The molecule has 0 atom stereocenters. The van der Waals surface area contributed by atoms with Gasteiger partial charge in [0.05, 0.1) is 0 Å². The van der Waals surface area contributed by atoms with Crippen LogP contribution in [0.2, 0.25) is 0 Å². The zero-order valence-corrected chi connectivity index (χ0v) is 10.3. The molecule has 0 radical (unpaired) electrons. The SMILES string of the molecule is c1cc2cc(CNCc3ccsc3)ccc2[nH]1. The highest BCUT2D eigenvalue weighted by atomic mass is 32.1. The molecule has 0 spiro atoms. The van der Waals surface area contributed by atoms with Crippen molar-refractivity contribution in [1.82, 2.24) is 10.3 Å². The Kier molecular flexibility index (Phi) is 2.94. The van der Waals surface area contributed by atoms with Crippen LogP contribution in [0.3, 0.4) is 0 Å². The van der Waals surface area contributed by atoms with E-state index in [1.165, 1.54) is 22.0 Å². The number of fused-ring (bicyclic) bond motifs is 1. The second kappa shape index (κ2) is 4.73. The van der Waals surface area contributed by atoms with E-state index in [4.69, 9.17) is 0 Å². The number of hydrogen-bond acceptors (Lipinski definition) is 2. The van der Waals surface area contributed by atoms with Gasteiger partial charge in [-0.1, -0.05) is 6.07 Å². The van der Waals surface area contributed by atoms with Crippen LogP contribution in [0.25, 0.3) is 10.9 Å². The largest absolute Gasteiger partial charge is 0.361 e. The van der Waals surface area contributed by atoms with Gasteiger partial charge in [0, 0.05) is 24.8 Å². The molecule has 0 saturated heterocycles. The lowest BCUT2D eigenvalue weighted by molar-refractivity contribution is 0.695. The maximum atomic E-state index is 3.46. The Labute approximate surface area is 104 Å². The second-order valence-electron chi connectivity index (χ2n) is 4.13. The van der Waals surface area contributed by atoms with Gasteiger partial charge in [0.1, 0.15) is 0 Å². The first kappa shape index (κ1) is 10.6. The van der Waals surface area contributed by atoms with E-state index >= 15 is 0 Å². The lowest BCUT2D eigenvalue weighted by atomic mass is 10.1. The van der Waals surface area contributed by atoms with Gasteiger partial charge >= 0.3 is 0 Å². The molecule has 0 amide bonds. The third-order valence-corrected chi connectivity index (χ3v) is 3.59. The number of benzene rings is 1. The molecular formula is C14H14N2S. The summed E-state index contributed by atoms with van der Waals surface area (Å²) >= 11 is 1.74. The molecule has 0 aliphatic carbocycles. The highest BCUT2D eigenvalue weighted by Crippen LogP contribution is 2.14. The summed E-state index contributed by atoms with van der Waals surface area (Å²) in [4.78, 5) is 3.21. The van der Waals surface area contributed by atoms with Crippen molar-refractivity contribution in [2.45, 2.75) is 13.1 Å². The number of H-pyrrole nitrogens is 1. The molecule has 0 aliphatic heterocycles. The van der Waals surface area contributed by atoms with Crippen molar-refractivity contribution in [3.8, 4) is 0 Å².